The van der Waals surface area contributed by atoms with E-state index in [4.69, 9.17) is 23.2 Å². The highest BCUT2D eigenvalue weighted by Crippen LogP contribution is 2.26. The van der Waals surface area contributed by atoms with Crippen LogP contribution in [0, 0.1) is 5.82 Å². The van der Waals surface area contributed by atoms with E-state index in [-0.39, 0.29) is 11.7 Å². The Bertz CT molecular complexity index is 555. The van der Waals surface area contributed by atoms with Gasteiger partial charge in [0.05, 0.1) is 0 Å². The van der Waals surface area contributed by atoms with E-state index in [0.29, 0.717) is 22.0 Å². The van der Waals surface area contributed by atoms with Crippen molar-refractivity contribution in [2.24, 2.45) is 0 Å². The van der Waals surface area contributed by atoms with Crippen LogP contribution in [0.15, 0.2) is 42.5 Å². The lowest BCUT2D eigenvalue weighted by molar-refractivity contribution is 0.599. The minimum Gasteiger partial charge on any atom is -0.207 e. The summed E-state index contributed by atoms with van der Waals surface area (Å²) in [5.74, 6) is -0.0552. The minimum atomic E-state index is -0.257. The Morgan fingerprint density at radius 3 is 2.21 bits per heavy atom. The van der Waals surface area contributed by atoms with Crippen LogP contribution in [0.25, 0.3) is 0 Å². The third-order valence-electron chi connectivity index (χ3n) is 3.01. The number of hydrogen-bond acceptors (Lipinski definition) is 0. The molecule has 0 saturated carbocycles. The lowest BCUT2D eigenvalue weighted by Crippen LogP contribution is -2.06. The van der Waals surface area contributed by atoms with E-state index >= 15 is 0 Å². The van der Waals surface area contributed by atoms with Gasteiger partial charge in [-0.1, -0.05) is 57.3 Å². The van der Waals surface area contributed by atoms with Crippen LogP contribution in [0.2, 0.25) is 10.0 Å². The predicted molar refractivity (Wildman–Crippen MR) is 83.1 cm³/mol. The number of hydrogen-bond donors (Lipinski definition) is 0. The van der Waals surface area contributed by atoms with Gasteiger partial charge in [-0.05, 0) is 47.7 Å². The molecule has 100 valence electrons. The van der Waals surface area contributed by atoms with Gasteiger partial charge in [0.2, 0.25) is 0 Å². The average Bonchev–Trinajstić information content (AvgIpc) is 2.39. The van der Waals surface area contributed by atoms with Gasteiger partial charge in [-0.15, -0.1) is 0 Å². The molecule has 0 amide bonds. The minimum absolute atomic E-state index is 0.202. The topological polar surface area (TPSA) is 0 Å². The molecule has 1 atom stereocenters. The molecule has 0 aliphatic heterocycles. The SMILES string of the molecule is Fc1cc(Cl)ccc1CC(CBr)c1ccc(Cl)cc1. The molecule has 0 spiro atoms. The molecule has 2 aromatic rings. The lowest BCUT2D eigenvalue weighted by atomic mass is 9.93. The predicted octanol–water partition coefficient (Wildman–Crippen LogP) is 5.85. The molecule has 0 bridgehead atoms. The van der Waals surface area contributed by atoms with Crippen LogP contribution in [0.5, 0.6) is 0 Å². The van der Waals surface area contributed by atoms with E-state index in [1.54, 1.807) is 12.1 Å². The summed E-state index contributed by atoms with van der Waals surface area (Å²) in [5.41, 5.74) is 1.81. The van der Waals surface area contributed by atoms with Gasteiger partial charge >= 0.3 is 0 Å². The number of alkyl halides is 1. The van der Waals surface area contributed by atoms with Gasteiger partial charge in [0, 0.05) is 15.4 Å². The molecule has 2 aromatic carbocycles. The van der Waals surface area contributed by atoms with Gasteiger partial charge in [0.25, 0.3) is 0 Å². The Morgan fingerprint density at radius 1 is 1.00 bits per heavy atom. The van der Waals surface area contributed by atoms with Crippen molar-refractivity contribution in [3.63, 3.8) is 0 Å². The summed E-state index contributed by atoms with van der Waals surface area (Å²) in [6.07, 6.45) is 0.621. The highest BCUT2D eigenvalue weighted by atomic mass is 79.9. The molecule has 0 aliphatic carbocycles. The van der Waals surface area contributed by atoms with E-state index in [1.165, 1.54) is 6.07 Å². The molecule has 0 saturated heterocycles. The van der Waals surface area contributed by atoms with Crippen LogP contribution in [-0.4, -0.2) is 5.33 Å². The maximum absolute atomic E-state index is 13.8. The van der Waals surface area contributed by atoms with E-state index in [1.807, 2.05) is 24.3 Å². The number of benzene rings is 2. The average molecular weight is 362 g/mol. The fraction of sp³-hybridized carbons (Fsp3) is 0.200. The molecule has 19 heavy (non-hydrogen) atoms. The summed E-state index contributed by atoms with van der Waals surface area (Å²) in [6.45, 7) is 0. The first-order valence-electron chi connectivity index (χ1n) is 5.85. The van der Waals surface area contributed by atoms with Crippen LogP contribution in [-0.2, 0) is 6.42 Å². The summed E-state index contributed by atoms with van der Waals surface area (Å²) in [5, 5.41) is 1.88. The van der Waals surface area contributed by atoms with E-state index in [2.05, 4.69) is 15.9 Å². The molecular formula is C15H12BrCl2F. The Balaban J connectivity index is 2.21. The molecule has 2 rings (SSSR count). The molecule has 0 aliphatic rings. The van der Waals surface area contributed by atoms with Gasteiger partial charge in [-0.25, -0.2) is 4.39 Å². The first kappa shape index (κ1) is 14.8. The third kappa shape index (κ3) is 3.95. The second-order valence-corrected chi connectivity index (χ2v) is 5.86. The normalized spacial score (nSPS) is 12.4. The van der Waals surface area contributed by atoms with Crippen molar-refractivity contribution in [1.29, 1.82) is 0 Å². The monoisotopic (exact) mass is 360 g/mol. The highest BCUT2D eigenvalue weighted by molar-refractivity contribution is 9.09. The third-order valence-corrected chi connectivity index (χ3v) is 4.28. The maximum Gasteiger partial charge on any atom is 0.127 e. The first-order chi connectivity index (χ1) is 9.10. The largest absolute Gasteiger partial charge is 0.207 e. The van der Waals surface area contributed by atoms with Gasteiger partial charge < -0.3 is 0 Å². The van der Waals surface area contributed by atoms with Gasteiger partial charge in [-0.3, -0.25) is 0 Å². The maximum atomic E-state index is 13.8. The first-order valence-corrected chi connectivity index (χ1v) is 7.73. The van der Waals surface area contributed by atoms with Gasteiger partial charge in [0.15, 0.2) is 0 Å². The van der Waals surface area contributed by atoms with Crippen LogP contribution in [0.1, 0.15) is 17.0 Å². The van der Waals surface area contributed by atoms with Crippen LogP contribution in [0.4, 0.5) is 4.39 Å². The lowest BCUT2D eigenvalue weighted by Gasteiger charge is -2.15. The van der Waals surface area contributed by atoms with Crippen molar-refractivity contribution < 1.29 is 4.39 Å². The van der Waals surface area contributed by atoms with E-state index in [9.17, 15) is 4.39 Å². The fourth-order valence-electron chi connectivity index (χ4n) is 1.95. The molecule has 0 nitrogen and oxygen atoms in total. The van der Waals surface area contributed by atoms with Crippen molar-refractivity contribution >= 4 is 39.1 Å². The zero-order valence-electron chi connectivity index (χ0n) is 10.0. The molecule has 0 N–H and O–H groups in total. The number of halogens is 4. The summed E-state index contributed by atoms with van der Waals surface area (Å²) < 4.78 is 13.8. The zero-order valence-corrected chi connectivity index (χ0v) is 13.1. The van der Waals surface area contributed by atoms with Crippen LogP contribution < -0.4 is 0 Å². The highest BCUT2D eigenvalue weighted by Gasteiger charge is 2.14. The fourth-order valence-corrected chi connectivity index (χ4v) is 2.84. The van der Waals surface area contributed by atoms with E-state index < -0.39 is 0 Å². The summed E-state index contributed by atoms with van der Waals surface area (Å²) in [7, 11) is 0. The molecule has 4 heteroatoms. The van der Waals surface area contributed by atoms with Crippen molar-refractivity contribution in [3.8, 4) is 0 Å². The van der Waals surface area contributed by atoms with Crippen LogP contribution in [0.3, 0.4) is 0 Å². The number of rotatable bonds is 4. The van der Waals surface area contributed by atoms with E-state index in [0.717, 1.165) is 10.9 Å². The second-order valence-electron chi connectivity index (χ2n) is 4.34. The summed E-state index contributed by atoms with van der Waals surface area (Å²) in [6, 6.07) is 12.5. The summed E-state index contributed by atoms with van der Waals surface area (Å²) in [4.78, 5) is 0. The van der Waals surface area contributed by atoms with Crippen molar-refractivity contribution in [1.82, 2.24) is 0 Å². The Hall–Kier alpha value is -0.570. The quantitative estimate of drug-likeness (QED) is 0.599. The molecule has 0 fully saturated rings. The Labute approximate surface area is 130 Å². The van der Waals surface area contributed by atoms with Crippen molar-refractivity contribution in [2.45, 2.75) is 12.3 Å². The second kappa shape index (κ2) is 6.74. The molecule has 0 radical (unpaired) electrons. The standard InChI is InChI=1S/C15H12BrCl2F/c16-9-12(10-1-4-13(17)5-2-10)7-11-3-6-14(18)8-15(11)19/h1-6,8,12H,7,9H2. The summed E-state index contributed by atoms with van der Waals surface area (Å²) >= 11 is 15.1. The van der Waals surface area contributed by atoms with Gasteiger partial charge in [0.1, 0.15) is 5.82 Å². The Kier molecular flexibility index (Phi) is 5.26. The van der Waals surface area contributed by atoms with Gasteiger partial charge in [-0.2, -0.15) is 0 Å². The molecule has 0 aromatic heterocycles. The zero-order chi connectivity index (χ0) is 13.8. The van der Waals surface area contributed by atoms with Crippen molar-refractivity contribution in [2.75, 3.05) is 5.33 Å². The smallest absolute Gasteiger partial charge is 0.127 e. The molecular weight excluding hydrogens is 350 g/mol. The molecule has 1 unspecified atom stereocenters. The van der Waals surface area contributed by atoms with Crippen molar-refractivity contribution in [3.05, 3.63) is 69.5 Å². The molecule has 0 heterocycles. The Morgan fingerprint density at radius 2 is 1.63 bits per heavy atom. The van der Waals surface area contributed by atoms with Crippen LogP contribution >= 0.6 is 39.1 Å².